The molecule has 6 nitrogen and oxygen atoms in total. The van der Waals surface area contributed by atoms with E-state index in [1.165, 1.54) is 4.90 Å². The molecule has 120 valence electrons. The summed E-state index contributed by atoms with van der Waals surface area (Å²) >= 11 is 0. The van der Waals surface area contributed by atoms with E-state index in [1.54, 1.807) is 19.1 Å². The van der Waals surface area contributed by atoms with Crippen molar-refractivity contribution in [3.05, 3.63) is 30.3 Å². The highest BCUT2D eigenvalue weighted by atomic mass is 16.5. The number of carboxylic acid groups (broad SMARTS) is 1. The standard InChI is InChI=1S/C16H21NO5/c1-12(22-14-5-3-2-4-6-14)16(20)17(11-15(18)19)13-7-9-21-10-8-13/h2-6,12-13H,7-11H2,1H3,(H,18,19)/t12-/m0/s1. The third kappa shape index (κ3) is 4.46. The Balaban J connectivity index is 2.04. The van der Waals surface area contributed by atoms with Gasteiger partial charge in [0.15, 0.2) is 6.10 Å². The van der Waals surface area contributed by atoms with Gasteiger partial charge in [-0.05, 0) is 31.9 Å². The zero-order valence-electron chi connectivity index (χ0n) is 12.6. The van der Waals surface area contributed by atoms with Crippen molar-refractivity contribution in [2.24, 2.45) is 0 Å². The van der Waals surface area contributed by atoms with E-state index in [-0.39, 0.29) is 18.5 Å². The number of hydrogen-bond donors (Lipinski definition) is 1. The Kier molecular flexibility index (Phi) is 5.77. The number of rotatable bonds is 6. The molecule has 0 spiro atoms. The highest BCUT2D eigenvalue weighted by Gasteiger charge is 2.31. The van der Waals surface area contributed by atoms with Gasteiger partial charge in [-0.15, -0.1) is 0 Å². The van der Waals surface area contributed by atoms with Crippen LogP contribution in [0.15, 0.2) is 30.3 Å². The molecule has 1 aromatic rings. The minimum absolute atomic E-state index is 0.112. The number of amides is 1. The van der Waals surface area contributed by atoms with Crippen molar-refractivity contribution < 1.29 is 24.2 Å². The van der Waals surface area contributed by atoms with Crippen molar-refractivity contribution in [3.63, 3.8) is 0 Å². The van der Waals surface area contributed by atoms with Crippen molar-refractivity contribution in [2.75, 3.05) is 19.8 Å². The number of nitrogens with zero attached hydrogens (tertiary/aromatic N) is 1. The zero-order valence-corrected chi connectivity index (χ0v) is 12.6. The van der Waals surface area contributed by atoms with E-state index in [4.69, 9.17) is 14.6 Å². The van der Waals surface area contributed by atoms with E-state index in [2.05, 4.69) is 0 Å². The monoisotopic (exact) mass is 307 g/mol. The molecule has 1 aliphatic heterocycles. The average Bonchev–Trinajstić information content (AvgIpc) is 2.53. The second-order valence-electron chi connectivity index (χ2n) is 5.28. The molecule has 1 aliphatic rings. The van der Waals surface area contributed by atoms with Crippen molar-refractivity contribution in [1.82, 2.24) is 4.90 Å². The number of hydrogen-bond acceptors (Lipinski definition) is 4. The van der Waals surface area contributed by atoms with Crippen molar-refractivity contribution >= 4 is 11.9 Å². The molecule has 0 saturated carbocycles. The first-order valence-corrected chi connectivity index (χ1v) is 7.39. The molecule has 1 aromatic carbocycles. The lowest BCUT2D eigenvalue weighted by molar-refractivity contribution is -0.151. The maximum absolute atomic E-state index is 12.6. The lowest BCUT2D eigenvalue weighted by atomic mass is 10.1. The lowest BCUT2D eigenvalue weighted by Crippen LogP contribution is -2.50. The van der Waals surface area contributed by atoms with Gasteiger partial charge < -0.3 is 19.5 Å². The number of para-hydroxylation sites is 1. The van der Waals surface area contributed by atoms with E-state index in [9.17, 15) is 9.59 Å². The van der Waals surface area contributed by atoms with Gasteiger partial charge in [0.1, 0.15) is 12.3 Å². The van der Waals surface area contributed by atoms with Crippen LogP contribution in [0.1, 0.15) is 19.8 Å². The largest absolute Gasteiger partial charge is 0.481 e. The summed E-state index contributed by atoms with van der Waals surface area (Å²) in [5.41, 5.74) is 0. The summed E-state index contributed by atoms with van der Waals surface area (Å²) in [6, 6.07) is 8.91. The third-order valence-corrected chi connectivity index (χ3v) is 3.62. The number of carboxylic acids is 1. The van der Waals surface area contributed by atoms with Gasteiger partial charge in [0.05, 0.1) is 0 Å². The van der Waals surface area contributed by atoms with E-state index in [0.717, 1.165) is 0 Å². The minimum Gasteiger partial charge on any atom is -0.481 e. The van der Waals surface area contributed by atoms with E-state index >= 15 is 0 Å². The molecule has 1 heterocycles. The average molecular weight is 307 g/mol. The topological polar surface area (TPSA) is 76.1 Å². The van der Waals surface area contributed by atoms with Crippen LogP contribution in [0.4, 0.5) is 0 Å². The molecule has 6 heteroatoms. The van der Waals surface area contributed by atoms with Crippen LogP contribution in [0.3, 0.4) is 0 Å². The molecule has 1 fully saturated rings. The van der Waals surface area contributed by atoms with Crippen LogP contribution in [0.2, 0.25) is 0 Å². The van der Waals surface area contributed by atoms with Crippen molar-refractivity contribution in [3.8, 4) is 5.75 Å². The molecule has 1 N–H and O–H groups in total. The third-order valence-electron chi connectivity index (χ3n) is 3.62. The van der Waals surface area contributed by atoms with Crippen LogP contribution in [-0.4, -0.2) is 53.8 Å². The molecular formula is C16H21NO5. The van der Waals surface area contributed by atoms with E-state index in [0.29, 0.717) is 31.8 Å². The molecule has 1 amide bonds. The Morgan fingerprint density at radius 2 is 1.95 bits per heavy atom. The number of carbonyl (C=O) groups excluding carboxylic acids is 1. The second-order valence-corrected chi connectivity index (χ2v) is 5.28. The Labute approximate surface area is 129 Å². The quantitative estimate of drug-likeness (QED) is 0.863. The molecule has 0 radical (unpaired) electrons. The summed E-state index contributed by atoms with van der Waals surface area (Å²) in [5, 5.41) is 9.07. The Morgan fingerprint density at radius 1 is 1.32 bits per heavy atom. The molecule has 1 saturated heterocycles. The maximum Gasteiger partial charge on any atom is 0.323 e. The van der Waals surface area contributed by atoms with Gasteiger partial charge in [0.2, 0.25) is 0 Å². The Bertz CT molecular complexity index is 499. The van der Waals surface area contributed by atoms with Gasteiger partial charge in [0.25, 0.3) is 5.91 Å². The molecular weight excluding hydrogens is 286 g/mol. The fourth-order valence-corrected chi connectivity index (χ4v) is 2.52. The summed E-state index contributed by atoms with van der Waals surface area (Å²) < 4.78 is 10.9. The molecule has 0 bridgehead atoms. The predicted molar refractivity (Wildman–Crippen MR) is 79.7 cm³/mol. The van der Waals surface area contributed by atoms with Crippen LogP contribution in [0, 0.1) is 0 Å². The fraction of sp³-hybridized carbons (Fsp3) is 0.500. The SMILES string of the molecule is C[C@H](Oc1ccccc1)C(=O)N(CC(=O)O)C1CCOCC1. The molecule has 22 heavy (non-hydrogen) atoms. The van der Waals surface area contributed by atoms with Crippen LogP contribution in [-0.2, 0) is 14.3 Å². The lowest BCUT2D eigenvalue weighted by Gasteiger charge is -2.34. The van der Waals surface area contributed by atoms with Gasteiger partial charge in [-0.2, -0.15) is 0 Å². The first-order valence-electron chi connectivity index (χ1n) is 7.39. The molecule has 0 unspecified atom stereocenters. The summed E-state index contributed by atoms with van der Waals surface area (Å²) in [4.78, 5) is 25.1. The first kappa shape index (κ1) is 16.3. The van der Waals surface area contributed by atoms with Crippen molar-refractivity contribution in [2.45, 2.75) is 31.9 Å². The summed E-state index contributed by atoms with van der Waals surface area (Å²) in [5.74, 6) is -0.740. The van der Waals surface area contributed by atoms with Gasteiger partial charge in [-0.3, -0.25) is 9.59 Å². The molecule has 0 aromatic heterocycles. The summed E-state index contributed by atoms with van der Waals surface area (Å²) in [7, 11) is 0. The number of carbonyl (C=O) groups is 2. The summed E-state index contributed by atoms with van der Waals surface area (Å²) in [6.07, 6.45) is 0.568. The maximum atomic E-state index is 12.6. The van der Waals surface area contributed by atoms with Gasteiger partial charge in [-0.25, -0.2) is 0 Å². The van der Waals surface area contributed by atoms with Crippen molar-refractivity contribution in [1.29, 1.82) is 0 Å². The van der Waals surface area contributed by atoms with Gasteiger partial charge >= 0.3 is 5.97 Å². The number of aliphatic carboxylic acids is 1. The Hall–Kier alpha value is -2.08. The highest BCUT2D eigenvalue weighted by Crippen LogP contribution is 2.18. The predicted octanol–water partition coefficient (Wildman–Crippen LogP) is 1.55. The minimum atomic E-state index is -1.02. The molecule has 1 atom stereocenters. The molecule has 0 aliphatic carbocycles. The second kappa shape index (κ2) is 7.79. The number of benzene rings is 1. The van der Waals surface area contributed by atoms with Crippen LogP contribution < -0.4 is 4.74 Å². The van der Waals surface area contributed by atoms with E-state index in [1.807, 2.05) is 18.2 Å². The first-order chi connectivity index (χ1) is 10.6. The van der Waals surface area contributed by atoms with Crippen LogP contribution in [0.25, 0.3) is 0 Å². The van der Waals surface area contributed by atoms with Gasteiger partial charge in [0, 0.05) is 19.3 Å². The van der Waals surface area contributed by atoms with Crippen LogP contribution >= 0.6 is 0 Å². The molecule has 2 rings (SSSR count). The van der Waals surface area contributed by atoms with E-state index < -0.39 is 12.1 Å². The number of ether oxygens (including phenoxy) is 2. The summed E-state index contributed by atoms with van der Waals surface area (Å²) in [6.45, 7) is 2.42. The fourth-order valence-electron chi connectivity index (χ4n) is 2.52. The zero-order chi connectivity index (χ0) is 15.9. The van der Waals surface area contributed by atoms with Crippen LogP contribution in [0.5, 0.6) is 5.75 Å². The van der Waals surface area contributed by atoms with Gasteiger partial charge in [-0.1, -0.05) is 18.2 Å². The normalized spacial score (nSPS) is 16.8. The highest BCUT2D eigenvalue weighted by molar-refractivity contribution is 5.85. The smallest absolute Gasteiger partial charge is 0.323 e. The Morgan fingerprint density at radius 3 is 2.55 bits per heavy atom.